The van der Waals surface area contributed by atoms with Crippen LogP contribution in [0.3, 0.4) is 0 Å². The van der Waals surface area contributed by atoms with E-state index >= 15 is 0 Å². The van der Waals surface area contributed by atoms with Crippen molar-refractivity contribution in [3.8, 4) is 23.1 Å². The van der Waals surface area contributed by atoms with Crippen molar-refractivity contribution < 1.29 is 9.47 Å². The summed E-state index contributed by atoms with van der Waals surface area (Å²) in [5, 5.41) is 9.51. The minimum absolute atomic E-state index is 0.169. The molecule has 4 heterocycles. The molecule has 0 bridgehead atoms. The van der Waals surface area contributed by atoms with Crippen LogP contribution in [0.4, 0.5) is 17.6 Å². The number of hydrogen-bond acceptors (Lipinski definition) is 9. The van der Waals surface area contributed by atoms with Crippen molar-refractivity contribution in [2.24, 2.45) is 0 Å². The zero-order valence-electron chi connectivity index (χ0n) is 20.1. The lowest BCUT2D eigenvalue weighted by molar-refractivity contribution is 0.122. The number of hydrogen-bond donors (Lipinski definition) is 0. The van der Waals surface area contributed by atoms with E-state index in [0.29, 0.717) is 18.8 Å². The molecule has 2 fully saturated rings. The van der Waals surface area contributed by atoms with Gasteiger partial charge in [0.05, 0.1) is 31.6 Å². The van der Waals surface area contributed by atoms with Crippen molar-refractivity contribution in [2.45, 2.75) is 13.0 Å². The normalized spacial score (nSPS) is 18.3. The average Bonchev–Trinajstić information content (AvgIpc) is 2.93. The van der Waals surface area contributed by atoms with E-state index in [1.165, 1.54) is 0 Å². The van der Waals surface area contributed by atoms with Gasteiger partial charge in [0.15, 0.2) is 0 Å². The average molecular weight is 472 g/mol. The van der Waals surface area contributed by atoms with E-state index in [0.717, 1.165) is 67.3 Å². The fraction of sp³-hybridized carbons (Fsp3) is 0.385. The van der Waals surface area contributed by atoms with E-state index in [-0.39, 0.29) is 6.04 Å². The molecule has 35 heavy (non-hydrogen) atoms. The third-order valence-corrected chi connectivity index (χ3v) is 6.49. The molecule has 2 aliphatic rings. The molecule has 9 heteroatoms. The maximum absolute atomic E-state index is 9.51. The number of aromatic nitrogens is 3. The molecule has 180 valence electrons. The second-order valence-corrected chi connectivity index (χ2v) is 8.72. The van der Waals surface area contributed by atoms with Gasteiger partial charge >= 0.3 is 0 Å². The van der Waals surface area contributed by atoms with Gasteiger partial charge in [0.1, 0.15) is 23.5 Å². The fourth-order valence-corrected chi connectivity index (χ4v) is 4.63. The van der Waals surface area contributed by atoms with E-state index in [9.17, 15) is 5.26 Å². The van der Waals surface area contributed by atoms with Crippen molar-refractivity contribution in [3.05, 3.63) is 54.2 Å². The van der Waals surface area contributed by atoms with Crippen LogP contribution in [0, 0.1) is 11.3 Å². The first-order valence-corrected chi connectivity index (χ1v) is 11.9. The molecule has 1 unspecified atom stereocenters. The Morgan fingerprint density at radius 3 is 2.66 bits per heavy atom. The molecule has 2 aromatic heterocycles. The number of benzene rings is 1. The summed E-state index contributed by atoms with van der Waals surface area (Å²) in [6.07, 6.45) is 1.74. The van der Waals surface area contributed by atoms with E-state index in [2.05, 4.69) is 38.7 Å². The Labute approximate surface area is 205 Å². The Kier molecular flexibility index (Phi) is 6.64. The molecule has 0 amide bonds. The van der Waals surface area contributed by atoms with Crippen molar-refractivity contribution in [1.82, 2.24) is 15.0 Å². The van der Waals surface area contributed by atoms with Gasteiger partial charge in [0, 0.05) is 56.6 Å². The van der Waals surface area contributed by atoms with E-state index in [1.54, 1.807) is 19.4 Å². The number of morpholine rings is 1. The zero-order chi connectivity index (χ0) is 24.2. The molecule has 0 spiro atoms. The van der Waals surface area contributed by atoms with Gasteiger partial charge in [-0.2, -0.15) is 10.2 Å². The highest BCUT2D eigenvalue weighted by molar-refractivity contribution is 5.67. The number of nitriles is 1. The second kappa shape index (κ2) is 10.2. The standard InChI is InChI=1S/C26H29N7O2/c1-19-18-32(25-21(17-27)6-4-8-28-25)9-10-33(19)24-16-23(20-5-3-7-22(15-20)34-2)29-26(30-24)31-11-13-35-14-12-31/h3-8,15-16,19H,9-14,18H2,1-2H3. The zero-order valence-corrected chi connectivity index (χ0v) is 20.1. The van der Waals surface area contributed by atoms with Crippen LogP contribution >= 0.6 is 0 Å². The highest BCUT2D eigenvalue weighted by atomic mass is 16.5. The first-order chi connectivity index (χ1) is 17.2. The monoisotopic (exact) mass is 471 g/mol. The van der Waals surface area contributed by atoms with Crippen molar-refractivity contribution >= 4 is 17.6 Å². The Morgan fingerprint density at radius 2 is 1.89 bits per heavy atom. The van der Waals surface area contributed by atoms with Crippen molar-refractivity contribution in [1.29, 1.82) is 5.26 Å². The molecule has 5 rings (SSSR count). The van der Waals surface area contributed by atoms with Gasteiger partial charge in [-0.1, -0.05) is 12.1 Å². The maximum Gasteiger partial charge on any atom is 0.228 e. The van der Waals surface area contributed by atoms with Crippen molar-refractivity contribution in [3.63, 3.8) is 0 Å². The quantitative estimate of drug-likeness (QED) is 0.557. The number of ether oxygens (including phenoxy) is 2. The van der Waals surface area contributed by atoms with Gasteiger partial charge in [-0.05, 0) is 31.2 Å². The highest BCUT2D eigenvalue weighted by Gasteiger charge is 2.28. The lowest BCUT2D eigenvalue weighted by Crippen LogP contribution is -2.53. The molecule has 1 atom stereocenters. The summed E-state index contributed by atoms with van der Waals surface area (Å²) in [5.74, 6) is 3.15. The smallest absolute Gasteiger partial charge is 0.228 e. The molecular formula is C26H29N7O2. The fourth-order valence-electron chi connectivity index (χ4n) is 4.63. The number of nitrogens with zero attached hydrogens (tertiary/aromatic N) is 7. The van der Waals surface area contributed by atoms with Gasteiger partial charge in [-0.25, -0.2) is 9.97 Å². The molecular weight excluding hydrogens is 442 g/mol. The van der Waals surface area contributed by atoms with Crippen LogP contribution in [0.1, 0.15) is 12.5 Å². The topological polar surface area (TPSA) is 90.6 Å². The SMILES string of the molecule is COc1cccc(-c2cc(N3CCN(c4ncccc4C#N)CC3C)nc(N3CCOCC3)n2)c1. The second-order valence-electron chi connectivity index (χ2n) is 8.72. The highest BCUT2D eigenvalue weighted by Crippen LogP contribution is 2.30. The molecule has 2 aliphatic heterocycles. The molecule has 0 N–H and O–H groups in total. The number of pyridine rings is 1. The summed E-state index contributed by atoms with van der Waals surface area (Å²) in [7, 11) is 1.67. The van der Waals surface area contributed by atoms with Crippen LogP contribution in [0.25, 0.3) is 11.3 Å². The first-order valence-electron chi connectivity index (χ1n) is 11.9. The molecule has 2 saturated heterocycles. The molecule has 1 aromatic carbocycles. The van der Waals surface area contributed by atoms with Gasteiger partial charge in [-0.3, -0.25) is 0 Å². The molecule has 0 aliphatic carbocycles. The van der Waals surface area contributed by atoms with E-state index in [4.69, 9.17) is 19.4 Å². The summed E-state index contributed by atoms with van der Waals surface area (Å²) < 4.78 is 11.0. The van der Waals surface area contributed by atoms with Crippen LogP contribution < -0.4 is 19.4 Å². The largest absolute Gasteiger partial charge is 0.497 e. The Bertz CT molecular complexity index is 1220. The number of rotatable bonds is 5. The van der Waals surface area contributed by atoms with Gasteiger partial charge < -0.3 is 24.2 Å². The summed E-state index contributed by atoms with van der Waals surface area (Å²) in [6.45, 7) is 7.31. The molecule has 0 saturated carbocycles. The van der Waals surface area contributed by atoms with Crippen LogP contribution in [0.2, 0.25) is 0 Å². The van der Waals surface area contributed by atoms with Crippen LogP contribution in [0.5, 0.6) is 5.75 Å². The van der Waals surface area contributed by atoms with Gasteiger partial charge in [-0.15, -0.1) is 0 Å². The Balaban J connectivity index is 1.47. The molecule has 3 aromatic rings. The summed E-state index contributed by atoms with van der Waals surface area (Å²) in [6, 6.07) is 16.1. The summed E-state index contributed by atoms with van der Waals surface area (Å²) in [4.78, 5) is 21.1. The third kappa shape index (κ3) is 4.84. The number of piperazine rings is 1. The number of anilines is 3. The lowest BCUT2D eigenvalue weighted by atomic mass is 10.1. The van der Waals surface area contributed by atoms with Gasteiger partial charge in [0.25, 0.3) is 0 Å². The lowest BCUT2D eigenvalue weighted by Gasteiger charge is -2.41. The number of methoxy groups -OCH3 is 1. The third-order valence-electron chi connectivity index (χ3n) is 6.49. The first kappa shape index (κ1) is 22.9. The van der Waals surface area contributed by atoms with Crippen molar-refractivity contribution in [2.75, 3.05) is 67.7 Å². The van der Waals surface area contributed by atoms with E-state index < -0.39 is 0 Å². The van der Waals surface area contributed by atoms with Crippen LogP contribution in [-0.4, -0.2) is 74.0 Å². The van der Waals surface area contributed by atoms with Gasteiger partial charge in [0.2, 0.25) is 5.95 Å². The predicted octanol–water partition coefficient (Wildman–Crippen LogP) is 2.97. The minimum Gasteiger partial charge on any atom is -0.497 e. The summed E-state index contributed by atoms with van der Waals surface area (Å²) in [5.41, 5.74) is 2.45. The van der Waals surface area contributed by atoms with Crippen LogP contribution in [-0.2, 0) is 4.74 Å². The Morgan fingerprint density at radius 1 is 1.03 bits per heavy atom. The van der Waals surface area contributed by atoms with E-state index in [1.807, 2.05) is 30.3 Å². The predicted molar refractivity (Wildman–Crippen MR) is 135 cm³/mol. The molecule has 9 nitrogen and oxygen atoms in total. The minimum atomic E-state index is 0.169. The Hall–Kier alpha value is -3.90. The van der Waals surface area contributed by atoms with Crippen LogP contribution in [0.15, 0.2) is 48.7 Å². The maximum atomic E-state index is 9.51. The summed E-state index contributed by atoms with van der Waals surface area (Å²) >= 11 is 0. The molecule has 0 radical (unpaired) electrons.